The molecule has 7 heteroatoms. The molecule has 6 nitrogen and oxygen atoms in total. The molecular formula is C22H24ClN5O. The van der Waals surface area contributed by atoms with E-state index in [2.05, 4.69) is 50.6 Å². The van der Waals surface area contributed by atoms with Crippen LogP contribution >= 0.6 is 11.6 Å². The molecular weight excluding hydrogens is 386 g/mol. The van der Waals surface area contributed by atoms with Gasteiger partial charge in [-0.2, -0.15) is 15.0 Å². The molecule has 29 heavy (non-hydrogen) atoms. The van der Waals surface area contributed by atoms with Crippen LogP contribution < -0.4 is 10.2 Å². The van der Waals surface area contributed by atoms with Crippen LogP contribution in [-0.4, -0.2) is 40.2 Å². The molecule has 0 radical (unpaired) electrons. The van der Waals surface area contributed by atoms with Gasteiger partial charge >= 0.3 is 0 Å². The predicted molar refractivity (Wildman–Crippen MR) is 116 cm³/mol. The van der Waals surface area contributed by atoms with Gasteiger partial charge in [-0.1, -0.05) is 42.5 Å². The number of nitrogens with zero attached hydrogens (tertiary/aromatic N) is 4. The van der Waals surface area contributed by atoms with Crippen LogP contribution in [0.25, 0.3) is 0 Å². The van der Waals surface area contributed by atoms with E-state index in [4.69, 9.17) is 11.6 Å². The smallest absolute Gasteiger partial charge is 0.231 e. The number of hydrogen-bond acceptors (Lipinski definition) is 6. The molecule has 4 rings (SSSR count). The molecule has 2 atom stereocenters. The minimum Gasteiger partial charge on any atom is -0.508 e. The van der Waals surface area contributed by atoms with Crippen LogP contribution in [0.1, 0.15) is 23.5 Å². The van der Waals surface area contributed by atoms with Gasteiger partial charge in [0.25, 0.3) is 0 Å². The van der Waals surface area contributed by atoms with Gasteiger partial charge in [0.2, 0.25) is 17.2 Å². The molecule has 1 aliphatic rings. The maximum Gasteiger partial charge on any atom is 0.231 e. The summed E-state index contributed by atoms with van der Waals surface area (Å²) in [6, 6.07) is 17.8. The van der Waals surface area contributed by atoms with E-state index >= 15 is 0 Å². The maximum absolute atomic E-state index is 9.36. The summed E-state index contributed by atoms with van der Waals surface area (Å²) in [6.07, 6.45) is 1.97. The van der Waals surface area contributed by atoms with Gasteiger partial charge in [-0.05, 0) is 59.5 Å². The fourth-order valence-corrected chi connectivity index (χ4v) is 3.72. The van der Waals surface area contributed by atoms with Crippen LogP contribution in [0.15, 0.2) is 54.6 Å². The van der Waals surface area contributed by atoms with Crippen molar-refractivity contribution in [1.82, 2.24) is 15.0 Å². The highest BCUT2D eigenvalue weighted by molar-refractivity contribution is 6.28. The van der Waals surface area contributed by atoms with E-state index < -0.39 is 0 Å². The van der Waals surface area contributed by atoms with E-state index in [9.17, 15) is 5.11 Å². The lowest BCUT2D eigenvalue weighted by Gasteiger charge is -2.18. The Bertz CT molecular complexity index is 951. The molecule has 1 heterocycles. The highest BCUT2D eigenvalue weighted by Crippen LogP contribution is 2.47. The van der Waals surface area contributed by atoms with Gasteiger partial charge in [0.05, 0.1) is 0 Å². The number of halogens is 1. The van der Waals surface area contributed by atoms with Gasteiger partial charge in [0.15, 0.2) is 0 Å². The second kappa shape index (κ2) is 8.66. The van der Waals surface area contributed by atoms with E-state index in [-0.39, 0.29) is 11.0 Å². The zero-order chi connectivity index (χ0) is 20.2. The second-order valence-corrected chi connectivity index (χ2v) is 7.80. The number of aromatic hydroxyl groups is 1. The van der Waals surface area contributed by atoms with Gasteiger partial charge in [0, 0.05) is 20.1 Å². The topological polar surface area (TPSA) is 74.2 Å². The quantitative estimate of drug-likeness (QED) is 0.582. The third kappa shape index (κ3) is 5.15. The van der Waals surface area contributed by atoms with Crippen LogP contribution in [0.5, 0.6) is 5.75 Å². The van der Waals surface area contributed by atoms with Gasteiger partial charge in [-0.25, -0.2) is 0 Å². The van der Waals surface area contributed by atoms with Gasteiger partial charge in [-0.3, -0.25) is 0 Å². The molecule has 0 amide bonds. The zero-order valence-corrected chi connectivity index (χ0v) is 17.0. The van der Waals surface area contributed by atoms with Crippen molar-refractivity contribution in [3.63, 3.8) is 0 Å². The maximum atomic E-state index is 9.36. The van der Waals surface area contributed by atoms with Crippen molar-refractivity contribution in [3.05, 3.63) is 71.0 Å². The fourth-order valence-electron chi connectivity index (χ4n) is 3.56. The van der Waals surface area contributed by atoms with Crippen LogP contribution in [0.4, 0.5) is 11.9 Å². The summed E-state index contributed by atoms with van der Waals surface area (Å²) in [7, 11) is 1.99. The Labute approximate surface area is 175 Å². The van der Waals surface area contributed by atoms with Crippen LogP contribution in [0.3, 0.4) is 0 Å². The Kier molecular flexibility index (Phi) is 5.81. The lowest BCUT2D eigenvalue weighted by atomic mass is 10.1. The summed E-state index contributed by atoms with van der Waals surface area (Å²) in [5.41, 5.74) is 2.52. The van der Waals surface area contributed by atoms with Crippen molar-refractivity contribution in [2.75, 3.05) is 30.4 Å². The first-order chi connectivity index (χ1) is 14.1. The number of benzene rings is 2. The number of nitrogens with one attached hydrogen (secondary N) is 1. The lowest BCUT2D eigenvalue weighted by Crippen LogP contribution is -2.24. The van der Waals surface area contributed by atoms with E-state index in [1.165, 1.54) is 12.0 Å². The van der Waals surface area contributed by atoms with E-state index in [1.54, 1.807) is 12.1 Å². The molecule has 0 unspecified atom stereocenters. The molecule has 1 saturated carbocycles. The lowest BCUT2D eigenvalue weighted by molar-refractivity contribution is 0.475. The van der Waals surface area contributed by atoms with Crippen LogP contribution in [0, 0.1) is 5.92 Å². The molecule has 0 spiro atoms. The Morgan fingerprint density at radius 2 is 1.83 bits per heavy atom. The summed E-state index contributed by atoms with van der Waals surface area (Å²) in [6.45, 7) is 1.54. The average molecular weight is 410 g/mol. The first-order valence-electron chi connectivity index (χ1n) is 9.78. The third-order valence-corrected chi connectivity index (χ3v) is 5.40. The normalized spacial score (nSPS) is 17.7. The van der Waals surface area contributed by atoms with Crippen molar-refractivity contribution < 1.29 is 5.11 Å². The highest BCUT2D eigenvalue weighted by Gasteiger charge is 2.39. The standard InChI is InChI=1S/C22H24ClN5O/c1-28(14-17-13-19(17)16-5-3-2-4-6-16)22-26-20(23)25-21(27-22)24-12-11-15-7-9-18(29)10-8-15/h2-10,17,19,29H,11-14H2,1H3,(H,24,25,26,27)/t17-,19+/m0/s1. The molecule has 2 aromatic carbocycles. The number of phenolic OH excluding ortho intramolecular Hbond substituents is 1. The van der Waals surface area contributed by atoms with E-state index in [0.717, 1.165) is 18.5 Å². The van der Waals surface area contributed by atoms with Crippen molar-refractivity contribution in [2.24, 2.45) is 5.92 Å². The number of hydrogen-bond donors (Lipinski definition) is 2. The Hall–Kier alpha value is -2.86. The Morgan fingerprint density at radius 1 is 1.07 bits per heavy atom. The summed E-state index contributed by atoms with van der Waals surface area (Å²) >= 11 is 6.13. The molecule has 1 aromatic heterocycles. The summed E-state index contributed by atoms with van der Waals surface area (Å²) in [5, 5.41) is 12.8. The summed E-state index contributed by atoms with van der Waals surface area (Å²) in [4.78, 5) is 15.0. The number of aromatic nitrogens is 3. The average Bonchev–Trinajstić information content (AvgIpc) is 3.49. The largest absolute Gasteiger partial charge is 0.508 e. The Balaban J connectivity index is 1.33. The molecule has 1 fully saturated rings. The molecule has 0 aliphatic heterocycles. The van der Waals surface area contributed by atoms with Crippen molar-refractivity contribution >= 4 is 23.5 Å². The number of phenols is 1. The predicted octanol–water partition coefficient (Wildman–Crippen LogP) is 4.13. The Morgan fingerprint density at radius 3 is 2.59 bits per heavy atom. The summed E-state index contributed by atoms with van der Waals surface area (Å²) < 4.78 is 0. The number of anilines is 2. The SMILES string of the molecule is CN(C[C@@H]1C[C@@H]1c1ccccc1)c1nc(Cl)nc(NCCc2ccc(O)cc2)n1. The molecule has 3 aromatic rings. The monoisotopic (exact) mass is 409 g/mol. The van der Waals surface area contributed by atoms with Crippen LogP contribution in [0.2, 0.25) is 5.28 Å². The van der Waals surface area contributed by atoms with Gasteiger partial charge < -0.3 is 15.3 Å². The molecule has 1 aliphatic carbocycles. The minimum atomic E-state index is 0.185. The highest BCUT2D eigenvalue weighted by atomic mass is 35.5. The molecule has 0 bridgehead atoms. The molecule has 0 saturated heterocycles. The van der Waals surface area contributed by atoms with Crippen LogP contribution in [-0.2, 0) is 6.42 Å². The van der Waals surface area contributed by atoms with Crippen molar-refractivity contribution in [3.8, 4) is 5.75 Å². The van der Waals surface area contributed by atoms with Gasteiger partial charge in [0.1, 0.15) is 5.75 Å². The van der Waals surface area contributed by atoms with E-state index in [1.807, 2.05) is 24.1 Å². The molecule has 2 N–H and O–H groups in total. The minimum absolute atomic E-state index is 0.185. The second-order valence-electron chi connectivity index (χ2n) is 7.46. The molecule has 150 valence electrons. The van der Waals surface area contributed by atoms with Gasteiger partial charge in [-0.15, -0.1) is 0 Å². The van der Waals surface area contributed by atoms with Crippen molar-refractivity contribution in [2.45, 2.75) is 18.8 Å². The number of rotatable bonds is 8. The zero-order valence-electron chi connectivity index (χ0n) is 16.3. The van der Waals surface area contributed by atoms with E-state index in [0.29, 0.717) is 30.3 Å². The third-order valence-electron chi connectivity index (χ3n) is 5.23. The first-order valence-corrected chi connectivity index (χ1v) is 10.2. The first kappa shape index (κ1) is 19.5. The fraction of sp³-hybridized carbons (Fsp3) is 0.318. The van der Waals surface area contributed by atoms with Crippen molar-refractivity contribution in [1.29, 1.82) is 0 Å². The summed E-state index contributed by atoms with van der Waals surface area (Å²) in [5.74, 6) is 2.53.